The van der Waals surface area contributed by atoms with E-state index in [0.717, 1.165) is 5.69 Å². The van der Waals surface area contributed by atoms with Crippen LogP contribution >= 0.6 is 0 Å². The number of amides is 1. The van der Waals surface area contributed by atoms with Gasteiger partial charge in [-0.15, -0.1) is 0 Å². The molecule has 0 bridgehead atoms. The summed E-state index contributed by atoms with van der Waals surface area (Å²) in [5.74, 6) is -0.474. The maximum absolute atomic E-state index is 13.0. The molecule has 3 aromatic rings. The Hall–Kier alpha value is -2.95. The van der Waals surface area contributed by atoms with Gasteiger partial charge in [0.05, 0.1) is 5.69 Å². The molecule has 0 radical (unpaired) electrons. The van der Waals surface area contributed by atoms with Crippen molar-refractivity contribution in [3.05, 3.63) is 78.4 Å². The summed E-state index contributed by atoms with van der Waals surface area (Å²) in [5, 5.41) is 4.31. The van der Waals surface area contributed by atoms with Crippen LogP contribution in [-0.2, 0) is 0 Å². The Morgan fingerprint density at radius 2 is 1.78 bits per heavy atom. The monoisotopic (exact) mass is 309 g/mol. The zero-order valence-corrected chi connectivity index (χ0v) is 12.7. The van der Waals surface area contributed by atoms with Gasteiger partial charge in [0.2, 0.25) is 0 Å². The quantitative estimate of drug-likeness (QED) is 0.737. The SMILES string of the molecule is CCN(C(=O)c1ccn(-c2ccc(F)cc2)n1)c1ccccc1. The molecule has 2 aromatic carbocycles. The number of rotatable bonds is 4. The van der Waals surface area contributed by atoms with Gasteiger partial charge < -0.3 is 4.90 Å². The number of carbonyl (C=O) groups excluding carboxylic acids is 1. The minimum atomic E-state index is -0.307. The summed E-state index contributed by atoms with van der Waals surface area (Å²) in [6.07, 6.45) is 1.69. The molecule has 1 aromatic heterocycles. The van der Waals surface area contributed by atoms with Crippen LogP contribution in [-0.4, -0.2) is 22.2 Å². The predicted molar refractivity (Wildman–Crippen MR) is 87.3 cm³/mol. The second-order valence-corrected chi connectivity index (χ2v) is 5.01. The molecule has 0 saturated heterocycles. The van der Waals surface area contributed by atoms with Gasteiger partial charge in [-0.2, -0.15) is 5.10 Å². The number of aromatic nitrogens is 2. The molecule has 0 aliphatic heterocycles. The van der Waals surface area contributed by atoms with Crippen molar-refractivity contribution in [2.24, 2.45) is 0 Å². The van der Waals surface area contributed by atoms with Crippen LogP contribution in [0.1, 0.15) is 17.4 Å². The highest BCUT2D eigenvalue weighted by Gasteiger charge is 2.18. The first-order valence-electron chi connectivity index (χ1n) is 7.37. The molecule has 0 spiro atoms. The van der Waals surface area contributed by atoms with Crippen LogP contribution < -0.4 is 4.90 Å². The summed E-state index contributed by atoms with van der Waals surface area (Å²) in [7, 11) is 0. The Balaban J connectivity index is 1.87. The van der Waals surface area contributed by atoms with Crippen molar-refractivity contribution in [3.63, 3.8) is 0 Å². The summed E-state index contributed by atoms with van der Waals surface area (Å²) in [5.41, 5.74) is 1.88. The molecule has 3 rings (SSSR count). The molecule has 1 heterocycles. The average molecular weight is 309 g/mol. The van der Waals surface area contributed by atoms with Gasteiger partial charge in [0.25, 0.3) is 5.91 Å². The number of benzene rings is 2. The highest BCUT2D eigenvalue weighted by molar-refractivity contribution is 6.04. The first-order chi connectivity index (χ1) is 11.2. The fraction of sp³-hybridized carbons (Fsp3) is 0.111. The van der Waals surface area contributed by atoms with Crippen molar-refractivity contribution < 1.29 is 9.18 Å². The smallest absolute Gasteiger partial charge is 0.278 e. The van der Waals surface area contributed by atoms with Crippen molar-refractivity contribution in [3.8, 4) is 5.69 Å². The summed E-state index contributed by atoms with van der Waals surface area (Å²) >= 11 is 0. The van der Waals surface area contributed by atoms with Gasteiger partial charge in [-0.25, -0.2) is 9.07 Å². The van der Waals surface area contributed by atoms with E-state index in [1.54, 1.807) is 34.0 Å². The maximum atomic E-state index is 13.0. The average Bonchev–Trinajstić information content (AvgIpc) is 3.07. The van der Waals surface area contributed by atoms with E-state index in [2.05, 4.69) is 5.10 Å². The van der Waals surface area contributed by atoms with E-state index in [-0.39, 0.29) is 11.7 Å². The van der Waals surface area contributed by atoms with Crippen molar-refractivity contribution in [2.75, 3.05) is 11.4 Å². The van der Waals surface area contributed by atoms with E-state index in [4.69, 9.17) is 0 Å². The number of carbonyl (C=O) groups is 1. The summed E-state index contributed by atoms with van der Waals surface area (Å²) in [6.45, 7) is 2.47. The predicted octanol–water partition coefficient (Wildman–Crippen LogP) is 3.68. The maximum Gasteiger partial charge on any atom is 0.278 e. The number of para-hydroxylation sites is 1. The minimum absolute atomic E-state index is 0.167. The normalized spacial score (nSPS) is 10.5. The standard InChI is InChI=1S/C18H16FN3O/c1-2-21(15-6-4-3-5-7-15)18(23)17-12-13-22(20-17)16-10-8-14(19)9-11-16/h3-13H,2H2,1H3. The Kier molecular flexibility index (Phi) is 4.19. The van der Waals surface area contributed by atoms with Gasteiger partial charge in [0.15, 0.2) is 5.69 Å². The number of hydrogen-bond acceptors (Lipinski definition) is 2. The molecular formula is C18H16FN3O. The van der Waals surface area contributed by atoms with E-state index in [9.17, 15) is 9.18 Å². The second kappa shape index (κ2) is 6.44. The molecule has 0 aliphatic rings. The van der Waals surface area contributed by atoms with E-state index in [1.807, 2.05) is 37.3 Å². The highest BCUT2D eigenvalue weighted by Crippen LogP contribution is 2.16. The molecule has 116 valence electrons. The van der Waals surface area contributed by atoms with Gasteiger partial charge in [-0.1, -0.05) is 18.2 Å². The Morgan fingerprint density at radius 3 is 2.43 bits per heavy atom. The zero-order chi connectivity index (χ0) is 16.2. The molecule has 0 fully saturated rings. The van der Waals surface area contributed by atoms with Crippen LogP contribution in [0.4, 0.5) is 10.1 Å². The molecule has 0 saturated carbocycles. The molecule has 0 N–H and O–H groups in total. The molecule has 5 heteroatoms. The first-order valence-corrected chi connectivity index (χ1v) is 7.37. The second-order valence-electron chi connectivity index (χ2n) is 5.01. The van der Waals surface area contributed by atoms with Crippen LogP contribution in [0, 0.1) is 5.82 Å². The fourth-order valence-corrected chi connectivity index (χ4v) is 2.37. The van der Waals surface area contributed by atoms with Crippen molar-refractivity contribution in [2.45, 2.75) is 6.92 Å². The van der Waals surface area contributed by atoms with Crippen LogP contribution in [0.2, 0.25) is 0 Å². The van der Waals surface area contributed by atoms with E-state index in [0.29, 0.717) is 17.9 Å². The van der Waals surface area contributed by atoms with Gasteiger partial charge in [-0.05, 0) is 49.4 Å². The van der Waals surface area contributed by atoms with Crippen molar-refractivity contribution >= 4 is 11.6 Å². The lowest BCUT2D eigenvalue weighted by Crippen LogP contribution is -2.31. The van der Waals surface area contributed by atoms with Gasteiger partial charge in [0.1, 0.15) is 5.82 Å². The minimum Gasteiger partial charge on any atom is -0.307 e. The molecule has 0 aliphatic carbocycles. The lowest BCUT2D eigenvalue weighted by atomic mass is 10.2. The first kappa shape index (κ1) is 15.0. The molecule has 1 amide bonds. The van der Waals surface area contributed by atoms with Crippen molar-refractivity contribution in [1.29, 1.82) is 0 Å². The summed E-state index contributed by atoms with van der Waals surface area (Å²) in [6, 6.07) is 17.1. The lowest BCUT2D eigenvalue weighted by molar-refractivity contribution is 0.0983. The summed E-state index contributed by atoms with van der Waals surface area (Å²) in [4.78, 5) is 14.3. The van der Waals surface area contributed by atoms with Crippen LogP contribution in [0.25, 0.3) is 5.69 Å². The molecular weight excluding hydrogens is 293 g/mol. The van der Waals surface area contributed by atoms with Crippen LogP contribution in [0.15, 0.2) is 66.9 Å². The van der Waals surface area contributed by atoms with E-state index < -0.39 is 0 Å². The Morgan fingerprint density at radius 1 is 1.09 bits per heavy atom. The largest absolute Gasteiger partial charge is 0.307 e. The fourth-order valence-electron chi connectivity index (χ4n) is 2.37. The number of nitrogens with zero attached hydrogens (tertiary/aromatic N) is 3. The number of anilines is 1. The highest BCUT2D eigenvalue weighted by atomic mass is 19.1. The third kappa shape index (κ3) is 3.13. The third-order valence-corrected chi connectivity index (χ3v) is 3.53. The topological polar surface area (TPSA) is 38.1 Å². The molecule has 23 heavy (non-hydrogen) atoms. The van der Waals surface area contributed by atoms with E-state index in [1.165, 1.54) is 12.1 Å². The molecule has 4 nitrogen and oxygen atoms in total. The Labute approximate surface area is 133 Å². The van der Waals surface area contributed by atoms with Gasteiger partial charge >= 0.3 is 0 Å². The Bertz CT molecular complexity index is 797. The van der Waals surface area contributed by atoms with Gasteiger partial charge in [-0.3, -0.25) is 4.79 Å². The van der Waals surface area contributed by atoms with E-state index >= 15 is 0 Å². The van der Waals surface area contributed by atoms with Gasteiger partial charge in [0, 0.05) is 18.4 Å². The zero-order valence-electron chi connectivity index (χ0n) is 12.7. The number of halogens is 1. The lowest BCUT2D eigenvalue weighted by Gasteiger charge is -2.19. The molecule has 0 unspecified atom stereocenters. The van der Waals surface area contributed by atoms with Crippen LogP contribution in [0.5, 0.6) is 0 Å². The molecule has 0 atom stereocenters. The summed E-state index contributed by atoms with van der Waals surface area (Å²) < 4.78 is 14.5. The third-order valence-electron chi connectivity index (χ3n) is 3.53. The van der Waals surface area contributed by atoms with Crippen molar-refractivity contribution in [1.82, 2.24) is 9.78 Å². The number of hydrogen-bond donors (Lipinski definition) is 0. The van der Waals surface area contributed by atoms with Crippen LogP contribution in [0.3, 0.4) is 0 Å².